The molecule has 0 aromatic heterocycles. The Bertz CT molecular complexity index is 262. The van der Waals surface area contributed by atoms with Crippen LogP contribution in [-0.2, 0) is 9.53 Å². The van der Waals surface area contributed by atoms with E-state index in [2.05, 4.69) is 11.8 Å². The van der Waals surface area contributed by atoms with Crippen LogP contribution in [0.5, 0.6) is 0 Å². The van der Waals surface area contributed by atoms with E-state index in [9.17, 15) is 4.79 Å². The molecule has 0 atom stereocenters. The molecular formula is C15H31N3O2. The normalized spacial score (nSPS) is 17.2. The Morgan fingerprint density at radius 1 is 1.15 bits per heavy atom. The minimum absolute atomic E-state index is 0.241. The van der Waals surface area contributed by atoms with Crippen molar-refractivity contribution in [3.8, 4) is 0 Å². The average molecular weight is 285 g/mol. The van der Waals surface area contributed by atoms with Crippen LogP contribution in [0.25, 0.3) is 0 Å². The summed E-state index contributed by atoms with van der Waals surface area (Å²) < 4.78 is 5.39. The fourth-order valence-electron chi connectivity index (χ4n) is 2.49. The molecule has 1 rings (SSSR count). The van der Waals surface area contributed by atoms with Crippen molar-refractivity contribution >= 4 is 5.91 Å². The van der Waals surface area contributed by atoms with Crippen LogP contribution in [0, 0.1) is 0 Å². The number of nitrogens with two attached hydrogens (primary N) is 1. The molecule has 5 heteroatoms. The van der Waals surface area contributed by atoms with Crippen molar-refractivity contribution in [1.29, 1.82) is 0 Å². The summed E-state index contributed by atoms with van der Waals surface area (Å²) in [6.07, 6.45) is 4.86. The molecule has 0 unspecified atom stereocenters. The third kappa shape index (κ3) is 7.22. The lowest BCUT2D eigenvalue weighted by molar-refractivity contribution is -0.132. The second-order valence-corrected chi connectivity index (χ2v) is 5.43. The first-order chi connectivity index (χ1) is 9.77. The molecule has 1 fully saturated rings. The van der Waals surface area contributed by atoms with Crippen LogP contribution in [0.4, 0.5) is 0 Å². The van der Waals surface area contributed by atoms with Gasteiger partial charge in [0.2, 0.25) is 5.91 Å². The number of nitrogens with zero attached hydrogens (tertiary/aromatic N) is 2. The van der Waals surface area contributed by atoms with Crippen LogP contribution in [-0.4, -0.2) is 68.2 Å². The van der Waals surface area contributed by atoms with Crippen LogP contribution >= 0.6 is 0 Å². The Morgan fingerprint density at radius 3 is 2.75 bits per heavy atom. The topological polar surface area (TPSA) is 58.8 Å². The lowest BCUT2D eigenvalue weighted by Gasteiger charge is -2.22. The van der Waals surface area contributed by atoms with Crippen LogP contribution in [0.1, 0.15) is 39.0 Å². The van der Waals surface area contributed by atoms with Crippen LogP contribution in [0.2, 0.25) is 0 Å². The molecule has 0 spiro atoms. The van der Waals surface area contributed by atoms with Gasteiger partial charge in [-0.15, -0.1) is 0 Å². The number of rotatable bonds is 9. The third-order valence-electron chi connectivity index (χ3n) is 3.68. The SMILES string of the molecule is CCCOCCC(=O)N1CCCN(CCCCN)CC1. The van der Waals surface area contributed by atoms with Gasteiger partial charge in [-0.25, -0.2) is 0 Å². The number of ether oxygens (including phenoxy) is 1. The van der Waals surface area contributed by atoms with Gasteiger partial charge in [-0.3, -0.25) is 4.79 Å². The molecule has 2 N–H and O–H groups in total. The zero-order valence-corrected chi connectivity index (χ0v) is 13.0. The van der Waals surface area contributed by atoms with E-state index in [4.69, 9.17) is 10.5 Å². The first-order valence-corrected chi connectivity index (χ1v) is 8.06. The lowest BCUT2D eigenvalue weighted by Crippen LogP contribution is -2.36. The molecule has 0 aromatic rings. The van der Waals surface area contributed by atoms with Gasteiger partial charge in [-0.2, -0.15) is 0 Å². The maximum Gasteiger partial charge on any atom is 0.224 e. The summed E-state index contributed by atoms with van der Waals surface area (Å²) in [4.78, 5) is 16.5. The number of hydrogen-bond acceptors (Lipinski definition) is 4. The molecule has 1 saturated heterocycles. The summed E-state index contributed by atoms with van der Waals surface area (Å²) in [5.74, 6) is 0.241. The number of amides is 1. The van der Waals surface area contributed by atoms with Crippen LogP contribution in [0.3, 0.4) is 0 Å². The molecule has 1 aliphatic heterocycles. The van der Waals surface area contributed by atoms with Crippen molar-refractivity contribution in [2.24, 2.45) is 5.73 Å². The highest BCUT2D eigenvalue weighted by molar-refractivity contribution is 5.76. The van der Waals surface area contributed by atoms with E-state index in [1.54, 1.807) is 0 Å². The summed E-state index contributed by atoms with van der Waals surface area (Å²) in [7, 11) is 0. The van der Waals surface area contributed by atoms with E-state index in [1.807, 2.05) is 4.90 Å². The molecule has 5 nitrogen and oxygen atoms in total. The van der Waals surface area contributed by atoms with E-state index in [1.165, 1.54) is 0 Å². The van der Waals surface area contributed by atoms with Crippen molar-refractivity contribution < 1.29 is 9.53 Å². The zero-order valence-electron chi connectivity index (χ0n) is 13.0. The molecule has 20 heavy (non-hydrogen) atoms. The highest BCUT2D eigenvalue weighted by Crippen LogP contribution is 2.06. The molecule has 118 valence electrons. The van der Waals surface area contributed by atoms with Gasteiger partial charge in [0.25, 0.3) is 0 Å². The predicted molar refractivity (Wildman–Crippen MR) is 81.7 cm³/mol. The van der Waals surface area contributed by atoms with E-state index in [0.717, 1.165) is 71.6 Å². The summed E-state index contributed by atoms with van der Waals surface area (Å²) >= 11 is 0. The largest absolute Gasteiger partial charge is 0.381 e. The van der Waals surface area contributed by atoms with Crippen LogP contribution < -0.4 is 5.73 Å². The number of unbranched alkanes of at least 4 members (excludes halogenated alkanes) is 1. The minimum atomic E-state index is 0.241. The summed E-state index contributed by atoms with van der Waals surface area (Å²) in [5, 5.41) is 0. The van der Waals surface area contributed by atoms with E-state index >= 15 is 0 Å². The second kappa shape index (κ2) is 11.1. The molecule has 1 aliphatic rings. The summed E-state index contributed by atoms with van der Waals surface area (Å²) in [5.41, 5.74) is 5.52. The van der Waals surface area contributed by atoms with Crippen molar-refractivity contribution in [3.63, 3.8) is 0 Å². The Labute approximate surface area is 123 Å². The maximum atomic E-state index is 12.1. The Kier molecular flexibility index (Phi) is 9.62. The highest BCUT2D eigenvalue weighted by Gasteiger charge is 2.18. The highest BCUT2D eigenvalue weighted by atomic mass is 16.5. The van der Waals surface area contributed by atoms with Crippen molar-refractivity contribution in [2.45, 2.75) is 39.0 Å². The Hall–Kier alpha value is -0.650. The summed E-state index contributed by atoms with van der Waals surface area (Å²) in [6, 6.07) is 0. The number of carbonyl (C=O) groups is 1. The van der Waals surface area contributed by atoms with E-state index in [-0.39, 0.29) is 5.91 Å². The van der Waals surface area contributed by atoms with Gasteiger partial charge in [0.15, 0.2) is 0 Å². The van der Waals surface area contributed by atoms with Gasteiger partial charge in [0.1, 0.15) is 0 Å². The zero-order chi connectivity index (χ0) is 14.6. The molecule has 0 bridgehead atoms. The fraction of sp³-hybridized carbons (Fsp3) is 0.933. The van der Waals surface area contributed by atoms with Crippen molar-refractivity contribution in [3.05, 3.63) is 0 Å². The average Bonchev–Trinajstić information content (AvgIpc) is 2.69. The second-order valence-electron chi connectivity index (χ2n) is 5.43. The molecule has 0 radical (unpaired) electrons. The molecular weight excluding hydrogens is 254 g/mol. The number of hydrogen-bond donors (Lipinski definition) is 1. The van der Waals surface area contributed by atoms with Crippen molar-refractivity contribution in [1.82, 2.24) is 9.80 Å². The van der Waals surface area contributed by atoms with Gasteiger partial charge in [0.05, 0.1) is 13.0 Å². The van der Waals surface area contributed by atoms with Gasteiger partial charge >= 0.3 is 0 Å². The minimum Gasteiger partial charge on any atom is -0.381 e. The molecule has 0 aromatic carbocycles. The van der Waals surface area contributed by atoms with Gasteiger partial charge < -0.3 is 20.3 Å². The van der Waals surface area contributed by atoms with Gasteiger partial charge in [-0.05, 0) is 45.3 Å². The van der Waals surface area contributed by atoms with E-state index in [0.29, 0.717) is 13.0 Å². The molecule has 1 amide bonds. The molecule has 0 aliphatic carbocycles. The standard InChI is InChI=1S/C15H31N3O2/c1-2-13-20-14-6-15(19)18-10-5-9-17(11-12-18)8-4-3-7-16/h2-14,16H2,1H3. The van der Waals surface area contributed by atoms with Gasteiger partial charge in [0, 0.05) is 26.2 Å². The molecule has 0 saturated carbocycles. The third-order valence-corrected chi connectivity index (χ3v) is 3.68. The lowest BCUT2D eigenvalue weighted by atomic mass is 10.3. The number of carbonyl (C=O) groups excluding carboxylic acids is 1. The first-order valence-electron chi connectivity index (χ1n) is 8.06. The smallest absolute Gasteiger partial charge is 0.224 e. The van der Waals surface area contributed by atoms with Crippen LogP contribution in [0.15, 0.2) is 0 Å². The fourth-order valence-corrected chi connectivity index (χ4v) is 2.49. The quantitative estimate of drug-likeness (QED) is 0.644. The summed E-state index contributed by atoms with van der Waals surface area (Å²) in [6.45, 7) is 9.11. The van der Waals surface area contributed by atoms with Gasteiger partial charge in [-0.1, -0.05) is 6.92 Å². The predicted octanol–water partition coefficient (Wildman–Crippen LogP) is 1.08. The first kappa shape index (κ1) is 17.4. The Balaban J connectivity index is 2.19. The molecule has 1 heterocycles. The van der Waals surface area contributed by atoms with Crippen molar-refractivity contribution in [2.75, 3.05) is 52.5 Å². The van der Waals surface area contributed by atoms with E-state index < -0.39 is 0 Å². The maximum absolute atomic E-state index is 12.1. The monoisotopic (exact) mass is 285 g/mol. The Morgan fingerprint density at radius 2 is 2.00 bits per heavy atom.